The molecule has 0 aliphatic heterocycles. The monoisotopic (exact) mass is 266 g/mol. The molecule has 0 spiro atoms. The molecule has 0 bridgehead atoms. The minimum Gasteiger partial charge on any atom is -0.378 e. The van der Waals surface area contributed by atoms with Crippen LogP contribution in [0.3, 0.4) is 0 Å². The zero-order valence-corrected chi connectivity index (χ0v) is 10.9. The molecule has 16 heavy (non-hydrogen) atoms. The van der Waals surface area contributed by atoms with E-state index < -0.39 is 9.05 Å². The molecule has 0 saturated carbocycles. The molecule has 1 rings (SSSR count). The molecule has 5 nitrogen and oxygen atoms in total. The molecule has 92 valence electrons. The summed E-state index contributed by atoms with van der Waals surface area (Å²) in [5.74, 6) is 0. The third kappa shape index (κ3) is 3.20. The SMILES string of the molecule is CCCCn1ncc(S(=O)(=O)Cl)c1COC. The summed E-state index contributed by atoms with van der Waals surface area (Å²) in [6.45, 7) is 2.91. The lowest BCUT2D eigenvalue weighted by atomic mass is 10.3. The number of unbranched alkanes of at least 4 members (excludes halogenated alkanes) is 1. The van der Waals surface area contributed by atoms with Crippen molar-refractivity contribution in [1.29, 1.82) is 0 Å². The summed E-state index contributed by atoms with van der Waals surface area (Å²) in [6.07, 6.45) is 3.21. The van der Waals surface area contributed by atoms with Crippen LogP contribution in [0.25, 0.3) is 0 Å². The quantitative estimate of drug-likeness (QED) is 0.736. The van der Waals surface area contributed by atoms with Crippen LogP contribution in [0.2, 0.25) is 0 Å². The van der Waals surface area contributed by atoms with Gasteiger partial charge in [-0.15, -0.1) is 0 Å². The fourth-order valence-electron chi connectivity index (χ4n) is 1.38. The van der Waals surface area contributed by atoms with Crippen molar-refractivity contribution in [3.63, 3.8) is 0 Å². The van der Waals surface area contributed by atoms with E-state index in [-0.39, 0.29) is 11.5 Å². The molecule has 1 heterocycles. The highest BCUT2D eigenvalue weighted by molar-refractivity contribution is 8.13. The van der Waals surface area contributed by atoms with Gasteiger partial charge >= 0.3 is 0 Å². The summed E-state index contributed by atoms with van der Waals surface area (Å²) in [5, 5.41) is 4.01. The van der Waals surface area contributed by atoms with Gasteiger partial charge in [0.25, 0.3) is 9.05 Å². The van der Waals surface area contributed by atoms with Crippen LogP contribution in [-0.2, 0) is 26.9 Å². The van der Waals surface area contributed by atoms with E-state index in [2.05, 4.69) is 12.0 Å². The van der Waals surface area contributed by atoms with Crippen LogP contribution in [0, 0.1) is 0 Å². The summed E-state index contributed by atoms with van der Waals surface area (Å²) in [5.41, 5.74) is 0.506. The number of hydrogen-bond donors (Lipinski definition) is 0. The van der Waals surface area contributed by atoms with E-state index in [9.17, 15) is 8.42 Å². The van der Waals surface area contributed by atoms with Crippen molar-refractivity contribution in [2.45, 2.75) is 37.8 Å². The highest BCUT2D eigenvalue weighted by Gasteiger charge is 2.20. The van der Waals surface area contributed by atoms with Crippen molar-refractivity contribution in [3.05, 3.63) is 11.9 Å². The molecule has 0 aliphatic carbocycles. The number of hydrogen-bond acceptors (Lipinski definition) is 4. The summed E-state index contributed by atoms with van der Waals surface area (Å²) in [7, 11) is 3.06. The summed E-state index contributed by atoms with van der Waals surface area (Å²) in [6, 6.07) is 0. The molecule has 0 aromatic carbocycles. The Bertz CT molecular complexity index is 442. The lowest BCUT2D eigenvalue weighted by molar-refractivity contribution is 0.174. The summed E-state index contributed by atoms with van der Waals surface area (Å²) < 4.78 is 29.1. The van der Waals surface area contributed by atoms with Gasteiger partial charge in [-0.2, -0.15) is 5.10 Å². The Balaban J connectivity index is 3.07. The first-order valence-corrected chi connectivity index (χ1v) is 7.30. The van der Waals surface area contributed by atoms with Crippen molar-refractivity contribution in [2.24, 2.45) is 0 Å². The second-order valence-corrected chi connectivity index (χ2v) is 5.94. The van der Waals surface area contributed by atoms with E-state index in [1.165, 1.54) is 13.3 Å². The van der Waals surface area contributed by atoms with Crippen molar-refractivity contribution < 1.29 is 13.2 Å². The molecule has 0 unspecified atom stereocenters. The predicted octanol–water partition coefficient (Wildman–Crippen LogP) is 1.76. The Labute approximate surface area is 99.8 Å². The van der Waals surface area contributed by atoms with Gasteiger partial charge in [-0.3, -0.25) is 4.68 Å². The Kier molecular flexibility index (Phi) is 4.76. The molecule has 1 aromatic rings. The number of methoxy groups -OCH3 is 1. The average molecular weight is 267 g/mol. The Morgan fingerprint density at radius 1 is 1.56 bits per heavy atom. The predicted molar refractivity (Wildman–Crippen MR) is 60.9 cm³/mol. The molecule has 0 atom stereocenters. The lowest BCUT2D eigenvalue weighted by Crippen LogP contribution is -2.08. The van der Waals surface area contributed by atoms with Gasteiger partial charge in [0.1, 0.15) is 4.90 Å². The third-order valence-corrected chi connectivity index (χ3v) is 3.54. The lowest BCUT2D eigenvalue weighted by Gasteiger charge is -2.06. The minimum absolute atomic E-state index is 0.0344. The van der Waals surface area contributed by atoms with E-state index in [1.807, 2.05) is 0 Å². The minimum atomic E-state index is -3.75. The van der Waals surface area contributed by atoms with Crippen molar-refractivity contribution in [3.8, 4) is 0 Å². The molecule has 0 aliphatic rings. The fourth-order valence-corrected chi connectivity index (χ4v) is 2.39. The van der Waals surface area contributed by atoms with Crippen molar-refractivity contribution in [2.75, 3.05) is 7.11 Å². The number of halogens is 1. The van der Waals surface area contributed by atoms with Crippen LogP contribution in [0.15, 0.2) is 11.1 Å². The van der Waals surface area contributed by atoms with Crippen LogP contribution < -0.4 is 0 Å². The number of aryl methyl sites for hydroxylation is 1. The first-order chi connectivity index (χ1) is 7.50. The Morgan fingerprint density at radius 2 is 2.25 bits per heavy atom. The number of aromatic nitrogens is 2. The number of nitrogens with zero attached hydrogens (tertiary/aromatic N) is 2. The zero-order chi connectivity index (χ0) is 12.2. The maximum absolute atomic E-state index is 11.3. The first-order valence-electron chi connectivity index (χ1n) is 4.99. The normalized spacial score (nSPS) is 11.9. The van der Waals surface area contributed by atoms with Crippen LogP contribution in [0.1, 0.15) is 25.5 Å². The molecule has 7 heteroatoms. The van der Waals surface area contributed by atoms with Gasteiger partial charge in [-0.25, -0.2) is 8.42 Å². The Morgan fingerprint density at radius 3 is 2.75 bits per heavy atom. The van der Waals surface area contributed by atoms with Gasteiger partial charge in [0.15, 0.2) is 0 Å². The van der Waals surface area contributed by atoms with Gasteiger partial charge < -0.3 is 4.74 Å². The number of ether oxygens (including phenoxy) is 1. The number of rotatable bonds is 6. The van der Waals surface area contributed by atoms with Crippen LogP contribution in [0.5, 0.6) is 0 Å². The van der Waals surface area contributed by atoms with Gasteiger partial charge in [0, 0.05) is 24.3 Å². The van der Waals surface area contributed by atoms with Gasteiger partial charge in [-0.1, -0.05) is 13.3 Å². The van der Waals surface area contributed by atoms with Crippen LogP contribution in [-0.4, -0.2) is 25.3 Å². The fraction of sp³-hybridized carbons (Fsp3) is 0.667. The molecule has 1 aromatic heterocycles. The second-order valence-electron chi connectivity index (χ2n) is 3.40. The molecular formula is C9H15ClN2O3S. The van der Waals surface area contributed by atoms with Crippen molar-refractivity contribution in [1.82, 2.24) is 9.78 Å². The van der Waals surface area contributed by atoms with Gasteiger partial charge in [0.05, 0.1) is 18.5 Å². The maximum atomic E-state index is 11.3. The third-order valence-electron chi connectivity index (χ3n) is 2.18. The van der Waals surface area contributed by atoms with E-state index in [0.717, 1.165) is 12.8 Å². The summed E-state index contributed by atoms with van der Waals surface area (Å²) in [4.78, 5) is 0.0344. The largest absolute Gasteiger partial charge is 0.378 e. The van der Waals surface area contributed by atoms with Gasteiger partial charge in [0.2, 0.25) is 0 Å². The second kappa shape index (κ2) is 5.65. The summed E-state index contributed by atoms with van der Waals surface area (Å²) >= 11 is 0. The average Bonchev–Trinajstić information content (AvgIpc) is 2.58. The molecular weight excluding hydrogens is 252 g/mol. The highest BCUT2D eigenvalue weighted by atomic mass is 35.7. The topological polar surface area (TPSA) is 61.2 Å². The highest BCUT2D eigenvalue weighted by Crippen LogP contribution is 2.20. The van der Waals surface area contributed by atoms with Gasteiger partial charge in [-0.05, 0) is 6.42 Å². The molecule has 0 fully saturated rings. The maximum Gasteiger partial charge on any atom is 0.264 e. The van der Waals surface area contributed by atoms with E-state index in [0.29, 0.717) is 12.2 Å². The van der Waals surface area contributed by atoms with Crippen LogP contribution in [0.4, 0.5) is 0 Å². The smallest absolute Gasteiger partial charge is 0.264 e. The molecule has 0 saturated heterocycles. The molecule has 0 N–H and O–H groups in total. The van der Waals surface area contributed by atoms with Crippen LogP contribution >= 0.6 is 10.7 Å². The zero-order valence-electron chi connectivity index (χ0n) is 9.31. The molecule has 0 amide bonds. The standard InChI is InChI=1S/C9H15ClN2O3S/c1-3-4-5-12-8(7-15-2)9(6-11-12)16(10,13)14/h6H,3-5,7H2,1-2H3. The van der Waals surface area contributed by atoms with Crippen molar-refractivity contribution >= 4 is 19.7 Å². The van der Waals surface area contributed by atoms with E-state index in [4.69, 9.17) is 15.4 Å². The Hall–Kier alpha value is -0.590. The molecule has 0 radical (unpaired) electrons. The van der Waals surface area contributed by atoms with E-state index in [1.54, 1.807) is 4.68 Å². The van der Waals surface area contributed by atoms with E-state index >= 15 is 0 Å². The first kappa shape index (κ1) is 13.5.